The normalized spacial score (nSPS) is 10.9. The first-order valence-electron chi connectivity index (χ1n) is 6.01. The predicted octanol–water partition coefficient (Wildman–Crippen LogP) is -0.153. The summed E-state index contributed by atoms with van der Waals surface area (Å²) in [5.41, 5.74) is 5.71. The number of anilines is 2. The standard InChI is InChI=1S/C11H17N7O/c1-8(2)17(6-7-19)10-14-9(12)15-11(16-10)18-5-3-4-13-18/h3-5,8,19H,6-7H2,1-2H3,(H2,12,14,15,16). The molecule has 0 amide bonds. The van der Waals surface area contributed by atoms with E-state index in [0.29, 0.717) is 18.4 Å². The molecule has 0 unspecified atom stereocenters. The van der Waals surface area contributed by atoms with E-state index in [0.717, 1.165) is 0 Å². The van der Waals surface area contributed by atoms with Gasteiger partial charge in [-0.05, 0) is 19.9 Å². The average Bonchev–Trinajstić information content (AvgIpc) is 2.88. The molecular formula is C11H17N7O. The van der Waals surface area contributed by atoms with Crippen molar-refractivity contribution >= 4 is 11.9 Å². The van der Waals surface area contributed by atoms with Gasteiger partial charge in [-0.3, -0.25) is 0 Å². The minimum atomic E-state index is 0.0148. The zero-order chi connectivity index (χ0) is 13.8. The fourth-order valence-electron chi connectivity index (χ4n) is 1.68. The van der Waals surface area contributed by atoms with E-state index in [1.54, 1.807) is 18.5 Å². The van der Waals surface area contributed by atoms with Gasteiger partial charge in [0.15, 0.2) is 0 Å². The van der Waals surface area contributed by atoms with Crippen LogP contribution in [0.3, 0.4) is 0 Å². The van der Waals surface area contributed by atoms with Crippen LogP contribution in [0.4, 0.5) is 11.9 Å². The average molecular weight is 263 g/mol. The molecule has 2 aromatic heterocycles. The fourth-order valence-corrected chi connectivity index (χ4v) is 1.68. The third-order valence-electron chi connectivity index (χ3n) is 2.56. The highest BCUT2D eigenvalue weighted by atomic mass is 16.3. The second-order valence-corrected chi connectivity index (χ2v) is 4.25. The van der Waals surface area contributed by atoms with Crippen LogP contribution >= 0.6 is 0 Å². The largest absolute Gasteiger partial charge is 0.395 e. The molecule has 2 aromatic rings. The smallest absolute Gasteiger partial charge is 0.257 e. The highest BCUT2D eigenvalue weighted by Gasteiger charge is 2.16. The van der Waals surface area contributed by atoms with Crippen molar-refractivity contribution in [3.8, 4) is 5.95 Å². The van der Waals surface area contributed by atoms with Crippen LogP contribution in [0.25, 0.3) is 5.95 Å². The molecule has 0 fully saturated rings. The predicted molar refractivity (Wildman–Crippen MR) is 70.9 cm³/mol. The summed E-state index contributed by atoms with van der Waals surface area (Å²) >= 11 is 0. The van der Waals surface area contributed by atoms with Gasteiger partial charge in [0, 0.05) is 25.0 Å². The van der Waals surface area contributed by atoms with Crippen LogP contribution in [0.2, 0.25) is 0 Å². The first-order valence-corrected chi connectivity index (χ1v) is 6.01. The number of aromatic nitrogens is 5. The van der Waals surface area contributed by atoms with Gasteiger partial charge in [0.2, 0.25) is 11.9 Å². The summed E-state index contributed by atoms with van der Waals surface area (Å²) in [6.07, 6.45) is 3.36. The number of nitrogens with zero attached hydrogens (tertiary/aromatic N) is 6. The number of nitrogen functional groups attached to an aromatic ring is 1. The van der Waals surface area contributed by atoms with Gasteiger partial charge >= 0.3 is 0 Å². The zero-order valence-electron chi connectivity index (χ0n) is 10.9. The molecule has 0 aliphatic rings. The van der Waals surface area contributed by atoms with Crippen LogP contribution < -0.4 is 10.6 Å². The number of hydrogen-bond acceptors (Lipinski definition) is 7. The van der Waals surface area contributed by atoms with Gasteiger partial charge in [0.1, 0.15) is 0 Å². The molecule has 102 valence electrons. The molecule has 3 N–H and O–H groups in total. The molecule has 0 saturated carbocycles. The molecular weight excluding hydrogens is 246 g/mol. The van der Waals surface area contributed by atoms with Crippen molar-refractivity contribution in [2.45, 2.75) is 19.9 Å². The van der Waals surface area contributed by atoms with Crippen molar-refractivity contribution in [3.05, 3.63) is 18.5 Å². The number of aliphatic hydroxyl groups is 1. The Morgan fingerprint density at radius 2 is 2.16 bits per heavy atom. The minimum absolute atomic E-state index is 0.0148. The topological polar surface area (TPSA) is 106 Å². The number of nitrogens with two attached hydrogens (primary N) is 1. The van der Waals surface area contributed by atoms with E-state index in [1.807, 2.05) is 18.7 Å². The summed E-state index contributed by atoms with van der Waals surface area (Å²) in [5, 5.41) is 13.2. The molecule has 2 rings (SSSR count). The van der Waals surface area contributed by atoms with Crippen LogP contribution in [0.1, 0.15) is 13.8 Å². The summed E-state index contributed by atoms with van der Waals surface area (Å²) in [4.78, 5) is 14.3. The molecule has 0 atom stereocenters. The van der Waals surface area contributed by atoms with E-state index in [-0.39, 0.29) is 18.6 Å². The Morgan fingerprint density at radius 3 is 2.74 bits per heavy atom. The van der Waals surface area contributed by atoms with Crippen LogP contribution in [0.5, 0.6) is 0 Å². The Morgan fingerprint density at radius 1 is 1.37 bits per heavy atom. The lowest BCUT2D eigenvalue weighted by Gasteiger charge is -2.25. The van der Waals surface area contributed by atoms with E-state index in [9.17, 15) is 0 Å². The van der Waals surface area contributed by atoms with Crippen molar-refractivity contribution < 1.29 is 5.11 Å². The number of aliphatic hydroxyl groups excluding tert-OH is 1. The highest BCUT2D eigenvalue weighted by molar-refractivity contribution is 5.38. The maximum Gasteiger partial charge on any atom is 0.257 e. The lowest BCUT2D eigenvalue weighted by molar-refractivity contribution is 0.298. The summed E-state index contributed by atoms with van der Waals surface area (Å²) in [6.45, 7) is 4.42. The van der Waals surface area contributed by atoms with Crippen LogP contribution in [-0.2, 0) is 0 Å². The molecule has 8 heteroatoms. The van der Waals surface area contributed by atoms with Gasteiger partial charge < -0.3 is 15.7 Å². The van der Waals surface area contributed by atoms with Crippen LogP contribution in [0.15, 0.2) is 18.5 Å². The molecule has 0 aromatic carbocycles. The SMILES string of the molecule is CC(C)N(CCO)c1nc(N)nc(-n2cccn2)n1. The maximum atomic E-state index is 9.11. The fraction of sp³-hybridized carbons (Fsp3) is 0.455. The second-order valence-electron chi connectivity index (χ2n) is 4.25. The van der Waals surface area contributed by atoms with Crippen molar-refractivity contribution in [1.82, 2.24) is 24.7 Å². The summed E-state index contributed by atoms with van der Waals surface area (Å²) in [5.74, 6) is 0.914. The van der Waals surface area contributed by atoms with E-state index < -0.39 is 0 Å². The van der Waals surface area contributed by atoms with Crippen molar-refractivity contribution in [2.24, 2.45) is 0 Å². The third kappa shape index (κ3) is 2.97. The molecule has 0 spiro atoms. The second kappa shape index (κ2) is 5.61. The van der Waals surface area contributed by atoms with Gasteiger partial charge in [-0.1, -0.05) is 0 Å². The molecule has 0 saturated heterocycles. The van der Waals surface area contributed by atoms with E-state index >= 15 is 0 Å². The lowest BCUT2D eigenvalue weighted by Crippen LogP contribution is -2.35. The van der Waals surface area contributed by atoms with Crippen molar-refractivity contribution in [3.63, 3.8) is 0 Å². The third-order valence-corrected chi connectivity index (χ3v) is 2.56. The molecule has 19 heavy (non-hydrogen) atoms. The first-order chi connectivity index (χ1) is 9.11. The number of hydrogen-bond donors (Lipinski definition) is 2. The summed E-state index contributed by atoms with van der Waals surface area (Å²) < 4.78 is 1.51. The molecule has 0 aliphatic carbocycles. The van der Waals surface area contributed by atoms with Gasteiger partial charge in [0.25, 0.3) is 5.95 Å². The first kappa shape index (κ1) is 13.2. The maximum absolute atomic E-state index is 9.11. The van der Waals surface area contributed by atoms with Crippen molar-refractivity contribution in [1.29, 1.82) is 0 Å². The lowest BCUT2D eigenvalue weighted by atomic mass is 10.3. The zero-order valence-corrected chi connectivity index (χ0v) is 10.9. The Labute approximate surface area is 110 Å². The van der Waals surface area contributed by atoms with E-state index in [1.165, 1.54) is 4.68 Å². The van der Waals surface area contributed by atoms with E-state index in [2.05, 4.69) is 20.1 Å². The molecule has 0 aliphatic heterocycles. The quantitative estimate of drug-likeness (QED) is 0.772. The Bertz CT molecular complexity index is 526. The number of rotatable bonds is 5. The van der Waals surface area contributed by atoms with Crippen LogP contribution in [0, 0.1) is 0 Å². The van der Waals surface area contributed by atoms with Crippen LogP contribution in [-0.4, -0.2) is 49.0 Å². The highest BCUT2D eigenvalue weighted by Crippen LogP contribution is 2.13. The molecule has 0 bridgehead atoms. The molecule has 2 heterocycles. The van der Waals surface area contributed by atoms with Gasteiger partial charge in [0.05, 0.1) is 6.61 Å². The summed E-state index contributed by atoms with van der Waals surface area (Å²) in [7, 11) is 0. The molecule has 8 nitrogen and oxygen atoms in total. The Balaban J connectivity index is 2.40. The van der Waals surface area contributed by atoms with E-state index in [4.69, 9.17) is 10.8 Å². The van der Waals surface area contributed by atoms with Gasteiger partial charge in [-0.25, -0.2) is 4.68 Å². The van der Waals surface area contributed by atoms with Gasteiger partial charge in [-0.15, -0.1) is 0 Å². The molecule has 0 radical (unpaired) electrons. The Hall–Kier alpha value is -2.22. The van der Waals surface area contributed by atoms with Crippen molar-refractivity contribution in [2.75, 3.05) is 23.8 Å². The summed E-state index contributed by atoms with van der Waals surface area (Å²) in [6, 6.07) is 1.91. The monoisotopic (exact) mass is 263 g/mol. The minimum Gasteiger partial charge on any atom is -0.395 e. The van der Waals surface area contributed by atoms with Gasteiger partial charge in [-0.2, -0.15) is 20.1 Å². The Kier molecular flexibility index (Phi) is 3.91.